The number of aryl methyl sites for hydroxylation is 3. The molecular formula is C15H20N6O. The highest BCUT2D eigenvalue weighted by atomic mass is 16.1. The molecule has 3 aromatic heterocycles. The Morgan fingerprint density at radius 3 is 2.86 bits per heavy atom. The van der Waals surface area contributed by atoms with E-state index in [1.165, 1.54) is 0 Å². The average Bonchev–Trinajstić information content (AvgIpc) is 3.16. The van der Waals surface area contributed by atoms with Crippen LogP contribution in [0.25, 0.3) is 5.65 Å². The molecule has 0 radical (unpaired) electrons. The summed E-state index contributed by atoms with van der Waals surface area (Å²) in [5.74, 6) is 0.588. The van der Waals surface area contributed by atoms with Crippen molar-refractivity contribution >= 4 is 17.4 Å². The fourth-order valence-corrected chi connectivity index (χ4v) is 2.50. The molecule has 0 aliphatic carbocycles. The van der Waals surface area contributed by atoms with E-state index < -0.39 is 0 Å². The Kier molecular flexibility index (Phi) is 3.70. The van der Waals surface area contributed by atoms with Gasteiger partial charge in [-0.15, -0.1) is 0 Å². The summed E-state index contributed by atoms with van der Waals surface area (Å²) in [5, 5.41) is 11.5. The lowest BCUT2D eigenvalue weighted by Gasteiger charge is -2.09. The van der Waals surface area contributed by atoms with Gasteiger partial charge in [0.2, 0.25) is 0 Å². The van der Waals surface area contributed by atoms with Gasteiger partial charge < -0.3 is 9.88 Å². The number of anilines is 1. The zero-order valence-electron chi connectivity index (χ0n) is 13.1. The molecule has 0 saturated heterocycles. The van der Waals surface area contributed by atoms with Crippen LogP contribution < -0.4 is 5.32 Å². The maximum Gasteiger partial charge on any atom is 0.262 e. The number of rotatable bonds is 5. The molecule has 1 N–H and O–H groups in total. The molecule has 3 aromatic rings. The standard InChI is InChI=1S/C15H20N6O/c1-4-5-6-20-13(11(2)9-16-20)18-14(22)12-10-17-21-8-7-19(3)15(12)21/h7-10H,4-6H2,1-3H3,(H,18,22). The number of amides is 1. The summed E-state index contributed by atoms with van der Waals surface area (Å²) < 4.78 is 5.42. The van der Waals surface area contributed by atoms with Crippen LogP contribution in [0.3, 0.4) is 0 Å². The van der Waals surface area contributed by atoms with E-state index in [0.717, 1.165) is 36.4 Å². The number of hydrogen-bond acceptors (Lipinski definition) is 3. The van der Waals surface area contributed by atoms with Crippen molar-refractivity contribution in [3.63, 3.8) is 0 Å². The Hall–Kier alpha value is -2.57. The molecule has 22 heavy (non-hydrogen) atoms. The van der Waals surface area contributed by atoms with E-state index in [1.54, 1.807) is 16.9 Å². The van der Waals surface area contributed by atoms with E-state index >= 15 is 0 Å². The van der Waals surface area contributed by atoms with Crippen LogP contribution in [0.5, 0.6) is 0 Å². The van der Waals surface area contributed by atoms with Gasteiger partial charge in [0.1, 0.15) is 17.0 Å². The van der Waals surface area contributed by atoms with Gasteiger partial charge in [0.15, 0.2) is 0 Å². The molecule has 3 rings (SSSR count). The topological polar surface area (TPSA) is 69.2 Å². The Balaban J connectivity index is 1.88. The monoisotopic (exact) mass is 300 g/mol. The molecule has 1 amide bonds. The van der Waals surface area contributed by atoms with Crippen molar-refractivity contribution in [2.45, 2.75) is 33.2 Å². The average molecular weight is 300 g/mol. The van der Waals surface area contributed by atoms with E-state index in [0.29, 0.717) is 5.56 Å². The van der Waals surface area contributed by atoms with Crippen LogP contribution in [-0.4, -0.2) is 29.9 Å². The third kappa shape index (κ3) is 2.38. The molecule has 0 spiro atoms. The van der Waals surface area contributed by atoms with Crippen molar-refractivity contribution < 1.29 is 4.79 Å². The molecule has 7 heteroatoms. The van der Waals surface area contributed by atoms with Crippen molar-refractivity contribution in [1.82, 2.24) is 24.0 Å². The first-order valence-corrected chi connectivity index (χ1v) is 7.44. The number of hydrogen-bond donors (Lipinski definition) is 1. The van der Waals surface area contributed by atoms with Crippen molar-refractivity contribution in [2.75, 3.05) is 5.32 Å². The molecule has 3 heterocycles. The fraction of sp³-hybridized carbons (Fsp3) is 0.400. The summed E-state index contributed by atoms with van der Waals surface area (Å²) in [6.07, 6.45) is 9.17. The van der Waals surface area contributed by atoms with Crippen molar-refractivity contribution in [1.29, 1.82) is 0 Å². The van der Waals surface area contributed by atoms with E-state index in [4.69, 9.17) is 0 Å². The lowest BCUT2D eigenvalue weighted by Crippen LogP contribution is -2.17. The van der Waals surface area contributed by atoms with Gasteiger partial charge in [-0.05, 0) is 13.3 Å². The Bertz CT molecular complexity index is 809. The molecular weight excluding hydrogens is 280 g/mol. The number of aromatic nitrogens is 5. The van der Waals surface area contributed by atoms with Gasteiger partial charge in [-0.2, -0.15) is 10.2 Å². The van der Waals surface area contributed by atoms with Gasteiger partial charge >= 0.3 is 0 Å². The number of fused-ring (bicyclic) bond motifs is 1. The number of imidazole rings is 1. The smallest absolute Gasteiger partial charge is 0.262 e. The van der Waals surface area contributed by atoms with Crippen LogP contribution in [0.2, 0.25) is 0 Å². The summed E-state index contributed by atoms with van der Waals surface area (Å²) in [5.41, 5.74) is 2.28. The quantitative estimate of drug-likeness (QED) is 0.785. The molecule has 116 valence electrons. The first-order chi connectivity index (χ1) is 10.6. The molecule has 0 saturated carbocycles. The van der Waals surface area contributed by atoms with Gasteiger partial charge in [0.25, 0.3) is 5.91 Å². The molecule has 0 aromatic carbocycles. The molecule has 7 nitrogen and oxygen atoms in total. The van der Waals surface area contributed by atoms with Crippen LogP contribution in [0.1, 0.15) is 35.7 Å². The van der Waals surface area contributed by atoms with Crippen LogP contribution in [0.15, 0.2) is 24.8 Å². The Morgan fingerprint density at radius 2 is 2.09 bits per heavy atom. The summed E-state index contributed by atoms with van der Waals surface area (Å²) in [6.45, 7) is 4.88. The minimum atomic E-state index is -0.168. The lowest BCUT2D eigenvalue weighted by molar-refractivity contribution is 0.102. The highest BCUT2D eigenvalue weighted by molar-refractivity contribution is 6.08. The van der Waals surface area contributed by atoms with Gasteiger partial charge in [-0.1, -0.05) is 13.3 Å². The van der Waals surface area contributed by atoms with Crippen LogP contribution in [0, 0.1) is 6.92 Å². The summed E-state index contributed by atoms with van der Waals surface area (Å²) >= 11 is 0. The maximum atomic E-state index is 12.6. The second kappa shape index (κ2) is 5.67. The van der Waals surface area contributed by atoms with Gasteiger partial charge in [-0.25, -0.2) is 9.20 Å². The number of nitrogens with one attached hydrogen (secondary N) is 1. The van der Waals surface area contributed by atoms with E-state index in [-0.39, 0.29) is 5.91 Å². The Morgan fingerprint density at radius 1 is 1.27 bits per heavy atom. The predicted octanol–water partition coefficient (Wildman–Crippen LogP) is 2.23. The van der Waals surface area contributed by atoms with E-state index in [1.807, 2.05) is 35.6 Å². The van der Waals surface area contributed by atoms with Crippen LogP contribution in [-0.2, 0) is 13.6 Å². The molecule has 0 unspecified atom stereocenters. The predicted molar refractivity (Wildman–Crippen MR) is 84.0 cm³/mol. The second-order valence-corrected chi connectivity index (χ2v) is 5.44. The number of carbonyl (C=O) groups is 1. The first-order valence-electron chi connectivity index (χ1n) is 7.44. The summed E-state index contributed by atoms with van der Waals surface area (Å²) in [7, 11) is 1.89. The van der Waals surface area contributed by atoms with Crippen LogP contribution in [0.4, 0.5) is 5.82 Å². The van der Waals surface area contributed by atoms with Gasteiger partial charge in [-0.3, -0.25) is 4.79 Å². The largest absolute Gasteiger partial charge is 0.334 e. The zero-order valence-corrected chi connectivity index (χ0v) is 13.1. The first kappa shape index (κ1) is 14.4. The number of unbranched alkanes of at least 4 members (excludes halogenated alkanes) is 1. The van der Waals surface area contributed by atoms with E-state index in [9.17, 15) is 4.79 Å². The Labute approximate surface area is 128 Å². The molecule has 0 fully saturated rings. The zero-order chi connectivity index (χ0) is 15.7. The molecule has 0 atom stereocenters. The third-order valence-corrected chi connectivity index (χ3v) is 3.76. The SMILES string of the molecule is CCCCn1ncc(C)c1NC(=O)c1cnn2ccn(C)c12. The van der Waals surface area contributed by atoms with Gasteiger partial charge in [0.05, 0.1) is 12.4 Å². The van der Waals surface area contributed by atoms with Crippen LogP contribution >= 0.6 is 0 Å². The second-order valence-electron chi connectivity index (χ2n) is 5.44. The third-order valence-electron chi connectivity index (χ3n) is 3.76. The van der Waals surface area contributed by atoms with E-state index in [2.05, 4.69) is 22.4 Å². The fourth-order valence-electron chi connectivity index (χ4n) is 2.50. The van der Waals surface area contributed by atoms with Crippen molar-refractivity contribution in [3.8, 4) is 0 Å². The summed E-state index contributed by atoms with van der Waals surface area (Å²) in [4.78, 5) is 12.6. The van der Waals surface area contributed by atoms with Crippen molar-refractivity contribution in [2.24, 2.45) is 7.05 Å². The number of carbonyl (C=O) groups excluding carboxylic acids is 1. The normalized spacial score (nSPS) is 11.2. The maximum absolute atomic E-state index is 12.6. The summed E-state index contributed by atoms with van der Waals surface area (Å²) in [6, 6.07) is 0. The molecule has 0 bridgehead atoms. The highest BCUT2D eigenvalue weighted by Gasteiger charge is 2.18. The lowest BCUT2D eigenvalue weighted by atomic mass is 10.3. The highest BCUT2D eigenvalue weighted by Crippen LogP contribution is 2.18. The minimum absolute atomic E-state index is 0.168. The molecule has 0 aliphatic rings. The van der Waals surface area contributed by atoms with Crippen molar-refractivity contribution in [3.05, 3.63) is 35.9 Å². The minimum Gasteiger partial charge on any atom is -0.334 e. The number of nitrogens with zero attached hydrogens (tertiary/aromatic N) is 5. The van der Waals surface area contributed by atoms with Gasteiger partial charge in [0, 0.05) is 31.5 Å². The molecule has 0 aliphatic heterocycles.